The maximum absolute atomic E-state index is 13.3. The van der Waals surface area contributed by atoms with Gasteiger partial charge in [-0.1, -0.05) is 11.6 Å². The molecule has 2 N–H and O–H groups in total. The van der Waals surface area contributed by atoms with Crippen LogP contribution in [-0.4, -0.2) is 42.2 Å². The fourth-order valence-corrected chi connectivity index (χ4v) is 6.33. The third-order valence-electron chi connectivity index (χ3n) is 7.21. The largest absolute Gasteiger partial charge is 0.390 e. The van der Waals surface area contributed by atoms with Crippen molar-refractivity contribution in [3.8, 4) is 5.82 Å². The third kappa shape index (κ3) is 2.63. The maximum Gasteiger partial charge on any atom is 0.256 e. The number of hydrogen-bond donors (Lipinski definition) is 2. The van der Waals surface area contributed by atoms with E-state index in [-0.39, 0.29) is 11.9 Å². The molecule has 0 radical (unpaired) electrons. The Kier molecular flexibility index (Phi) is 3.55. The van der Waals surface area contributed by atoms with E-state index >= 15 is 0 Å². The lowest BCUT2D eigenvalue weighted by atomic mass is 9.52. The monoisotopic (exact) mass is 401 g/mol. The van der Waals surface area contributed by atoms with Gasteiger partial charge in [0, 0.05) is 6.04 Å². The predicted molar refractivity (Wildman–Crippen MR) is 102 cm³/mol. The van der Waals surface area contributed by atoms with Gasteiger partial charge in [-0.25, -0.2) is 9.36 Å². The van der Waals surface area contributed by atoms with Gasteiger partial charge in [0.05, 0.1) is 35.3 Å². The number of carbonyl (C=O) groups is 1. The molecule has 7 nitrogen and oxygen atoms in total. The average Bonchev–Trinajstić information content (AvgIpc) is 3.23. The summed E-state index contributed by atoms with van der Waals surface area (Å²) in [6.07, 6.45) is 11.9. The van der Waals surface area contributed by atoms with Gasteiger partial charge in [0.25, 0.3) is 5.91 Å². The lowest BCUT2D eigenvalue weighted by Crippen LogP contribution is -2.61. The first-order valence-corrected chi connectivity index (χ1v) is 10.7. The minimum Gasteiger partial charge on any atom is -0.390 e. The quantitative estimate of drug-likeness (QED) is 0.824. The summed E-state index contributed by atoms with van der Waals surface area (Å²) in [7, 11) is 0. The fraction of sp³-hybridized carbons (Fsp3) is 0.650. The second-order valence-electron chi connectivity index (χ2n) is 9.35. The first kappa shape index (κ1) is 17.0. The second kappa shape index (κ2) is 5.83. The molecule has 0 spiro atoms. The highest BCUT2D eigenvalue weighted by molar-refractivity contribution is 6.30. The van der Waals surface area contributed by atoms with Crippen molar-refractivity contribution >= 4 is 17.5 Å². The van der Waals surface area contributed by atoms with Crippen LogP contribution in [0.25, 0.3) is 5.82 Å². The number of aliphatic hydroxyl groups is 1. The number of aromatic nitrogens is 4. The SMILES string of the molecule is O=C(NC1[C@H]2CC3C[C@H]1CC(O)(C3)C2)c1cnn(C2CC2)c1-n1cc(Cl)cn1. The van der Waals surface area contributed by atoms with E-state index in [0.29, 0.717) is 40.2 Å². The van der Waals surface area contributed by atoms with Gasteiger partial charge < -0.3 is 10.4 Å². The van der Waals surface area contributed by atoms with Crippen molar-refractivity contribution in [3.63, 3.8) is 0 Å². The zero-order chi connectivity index (χ0) is 19.0. The van der Waals surface area contributed by atoms with Gasteiger partial charge >= 0.3 is 0 Å². The molecule has 5 fully saturated rings. The van der Waals surface area contributed by atoms with Crippen molar-refractivity contribution in [1.29, 1.82) is 0 Å². The molecule has 5 aliphatic carbocycles. The lowest BCUT2D eigenvalue weighted by molar-refractivity contribution is -0.136. The Hall–Kier alpha value is -1.86. The molecule has 0 saturated heterocycles. The third-order valence-corrected chi connectivity index (χ3v) is 7.41. The Morgan fingerprint density at radius 2 is 1.93 bits per heavy atom. The number of nitrogens with zero attached hydrogens (tertiary/aromatic N) is 4. The van der Waals surface area contributed by atoms with E-state index in [1.165, 1.54) is 0 Å². The minimum atomic E-state index is -0.494. The Balaban J connectivity index is 1.30. The molecule has 2 heterocycles. The molecule has 0 aromatic carbocycles. The summed E-state index contributed by atoms with van der Waals surface area (Å²) in [6, 6.07) is 0.470. The van der Waals surface area contributed by atoms with E-state index in [0.717, 1.165) is 44.9 Å². The van der Waals surface area contributed by atoms with Crippen molar-refractivity contribution in [2.75, 3.05) is 0 Å². The molecule has 4 bridgehead atoms. The highest BCUT2D eigenvalue weighted by Crippen LogP contribution is 2.55. The Morgan fingerprint density at radius 1 is 1.18 bits per heavy atom. The fourth-order valence-electron chi connectivity index (χ4n) is 6.19. The van der Waals surface area contributed by atoms with Crippen LogP contribution in [0.15, 0.2) is 18.6 Å². The Bertz CT molecular complexity index is 932. The van der Waals surface area contributed by atoms with E-state index in [1.54, 1.807) is 23.3 Å². The molecule has 28 heavy (non-hydrogen) atoms. The molecule has 7 rings (SSSR count). The highest BCUT2D eigenvalue weighted by atomic mass is 35.5. The van der Waals surface area contributed by atoms with Crippen LogP contribution in [0.3, 0.4) is 0 Å². The van der Waals surface area contributed by atoms with E-state index in [2.05, 4.69) is 15.5 Å². The average molecular weight is 402 g/mol. The van der Waals surface area contributed by atoms with Gasteiger partial charge in [-0.15, -0.1) is 0 Å². The molecule has 8 heteroatoms. The van der Waals surface area contributed by atoms with Gasteiger partial charge in [0.1, 0.15) is 5.56 Å². The van der Waals surface area contributed by atoms with Crippen molar-refractivity contribution in [1.82, 2.24) is 24.9 Å². The molecule has 0 unspecified atom stereocenters. The predicted octanol–water partition coefficient (Wildman–Crippen LogP) is 2.73. The highest BCUT2D eigenvalue weighted by Gasteiger charge is 2.55. The van der Waals surface area contributed by atoms with Crippen LogP contribution in [0, 0.1) is 17.8 Å². The first-order chi connectivity index (χ1) is 13.5. The first-order valence-electron chi connectivity index (χ1n) is 10.3. The molecular formula is C20H24ClN5O2. The van der Waals surface area contributed by atoms with Crippen molar-refractivity contribution in [2.45, 2.75) is 62.6 Å². The van der Waals surface area contributed by atoms with E-state index < -0.39 is 5.60 Å². The molecule has 0 aliphatic heterocycles. The Labute approximate surface area is 168 Å². The summed E-state index contributed by atoms with van der Waals surface area (Å²) in [4.78, 5) is 13.3. The van der Waals surface area contributed by atoms with Crippen LogP contribution in [0.1, 0.15) is 61.3 Å². The van der Waals surface area contributed by atoms with Crippen molar-refractivity contribution in [3.05, 3.63) is 29.2 Å². The zero-order valence-corrected chi connectivity index (χ0v) is 16.3. The summed E-state index contributed by atoms with van der Waals surface area (Å²) in [5.41, 5.74) is 0.0464. The van der Waals surface area contributed by atoms with Gasteiger partial charge in [0.15, 0.2) is 5.82 Å². The molecule has 2 aromatic heterocycles. The smallest absolute Gasteiger partial charge is 0.256 e. The van der Waals surface area contributed by atoms with Crippen LogP contribution in [0.4, 0.5) is 0 Å². The van der Waals surface area contributed by atoms with Crippen molar-refractivity contribution in [2.24, 2.45) is 17.8 Å². The number of nitrogens with one attached hydrogen (secondary N) is 1. The lowest BCUT2D eigenvalue weighted by Gasteiger charge is -2.58. The second-order valence-corrected chi connectivity index (χ2v) is 9.79. The van der Waals surface area contributed by atoms with Crippen LogP contribution in [0.5, 0.6) is 0 Å². The van der Waals surface area contributed by atoms with Crippen LogP contribution < -0.4 is 5.32 Å². The molecule has 2 atom stereocenters. The van der Waals surface area contributed by atoms with Gasteiger partial charge in [-0.05, 0) is 62.7 Å². The minimum absolute atomic E-state index is 0.0991. The topological polar surface area (TPSA) is 85.0 Å². The van der Waals surface area contributed by atoms with Crippen LogP contribution in [-0.2, 0) is 0 Å². The van der Waals surface area contributed by atoms with Gasteiger partial charge in [-0.2, -0.15) is 10.2 Å². The maximum atomic E-state index is 13.3. The van der Waals surface area contributed by atoms with Gasteiger partial charge in [-0.3, -0.25) is 4.79 Å². The number of rotatable bonds is 4. The van der Waals surface area contributed by atoms with Crippen molar-refractivity contribution < 1.29 is 9.90 Å². The Morgan fingerprint density at radius 3 is 2.54 bits per heavy atom. The summed E-state index contributed by atoms with van der Waals surface area (Å²) in [6.45, 7) is 0. The summed E-state index contributed by atoms with van der Waals surface area (Å²) in [5.74, 6) is 1.96. The zero-order valence-electron chi connectivity index (χ0n) is 15.6. The molecule has 148 valence electrons. The van der Waals surface area contributed by atoms with Crippen LogP contribution in [0.2, 0.25) is 5.02 Å². The normalized spacial score (nSPS) is 36.1. The van der Waals surface area contributed by atoms with Crippen LogP contribution >= 0.6 is 11.6 Å². The number of hydrogen-bond acceptors (Lipinski definition) is 4. The van der Waals surface area contributed by atoms with E-state index in [4.69, 9.17) is 11.6 Å². The standard InChI is InChI=1S/C20H24ClN5O2/c21-14-8-22-25(10-14)19-16(9-23-26(19)15-1-2-15)18(27)24-17-12-3-11-4-13(17)7-20(28,5-11)6-12/h8-13,15,17,28H,1-7H2,(H,24,27)/t11?,12-,13-,17?,20?/m0/s1. The molecule has 1 amide bonds. The van der Waals surface area contributed by atoms with E-state index in [1.807, 2.05) is 4.68 Å². The molecular weight excluding hydrogens is 378 g/mol. The molecule has 2 aromatic rings. The molecule has 5 saturated carbocycles. The van der Waals surface area contributed by atoms with E-state index in [9.17, 15) is 9.90 Å². The summed E-state index contributed by atoms with van der Waals surface area (Å²) in [5, 5.41) is 23.4. The molecule has 5 aliphatic rings. The number of halogens is 1. The summed E-state index contributed by atoms with van der Waals surface area (Å²) >= 11 is 6.07. The van der Waals surface area contributed by atoms with Gasteiger partial charge in [0.2, 0.25) is 0 Å². The number of carbonyl (C=O) groups excluding carboxylic acids is 1. The summed E-state index contributed by atoms with van der Waals surface area (Å²) < 4.78 is 3.56. The number of amides is 1.